The molecule has 86 valence electrons. The fourth-order valence-electron chi connectivity index (χ4n) is 1.09. The van der Waals surface area contributed by atoms with Gasteiger partial charge < -0.3 is 0 Å². The highest BCUT2D eigenvalue weighted by Crippen LogP contribution is 2.21. The first-order chi connectivity index (χ1) is 7.95. The molecule has 0 unspecified atom stereocenters. The third-order valence-corrected chi connectivity index (χ3v) is 1.78. The van der Waals surface area contributed by atoms with Crippen molar-refractivity contribution in [2.75, 3.05) is 0 Å². The van der Waals surface area contributed by atoms with Crippen LogP contribution in [0.1, 0.15) is 22.3 Å². The van der Waals surface area contributed by atoms with Gasteiger partial charge in [-0.1, -0.05) is 24.0 Å². The van der Waals surface area contributed by atoms with Gasteiger partial charge in [0, 0.05) is 11.1 Å². The number of ketones is 1. The Morgan fingerprint density at radius 3 is 2.65 bits per heavy atom. The number of hydrogen-bond acceptors (Lipinski definition) is 2. The van der Waals surface area contributed by atoms with E-state index in [1.54, 1.807) is 6.07 Å². The van der Waals surface area contributed by atoms with Crippen LogP contribution >= 0.6 is 0 Å². The summed E-state index contributed by atoms with van der Waals surface area (Å²) in [6.45, 7) is 0. The van der Waals surface area contributed by atoms with E-state index < -0.39 is 17.5 Å². The molecule has 0 saturated heterocycles. The molecule has 0 amide bonds. The Morgan fingerprint density at radius 2 is 2.06 bits per heavy atom. The maximum atomic E-state index is 12.1. The Bertz CT molecular complexity index is 529. The van der Waals surface area contributed by atoms with Crippen molar-refractivity contribution in [1.29, 1.82) is 5.26 Å². The standard InChI is InChI=1S/C12H6F3NO/c13-12(14,15)11(17)10-6-3-5-9(8-10)4-1-2-7-16/h3,5-6,8H,2H2. The van der Waals surface area contributed by atoms with Gasteiger partial charge in [-0.15, -0.1) is 0 Å². The van der Waals surface area contributed by atoms with Crippen molar-refractivity contribution >= 4 is 5.78 Å². The number of nitrogens with zero attached hydrogens (tertiary/aromatic N) is 1. The zero-order valence-electron chi connectivity index (χ0n) is 8.51. The van der Waals surface area contributed by atoms with Gasteiger partial charge in [0.1, 0.15) is 0 Å². The summed E-state index contributed by atoms with van der Waals surface area (Å²) in [6, 6.07) is 6.69. The van der Waals surface area contributed by atoms with Crippen LogP contribution in [0.3, 0.4) is 0 Å². The number of benzene rings is 1. The summed E-state index contributed by atoms with van der Waals surface area (Å²) < 4.78 is 36.4. The molecular weight excluding hydrogens is 231 g/mol. The van der Waals surface area contributed by atoms with Gasteiger partial charge in [0.05, 0.1) is 12.5 Å². The van der Waals surface area contributed by atoms with Crippen molar-refractivity contribution < 1.29 is 18.0 Å². The zero-order chi connectivity index (χ0) is 12.9. The van der Waals surface area contributed by atoms with E-state index in [0.29, 0.717) is 0 Å². The predicted octanol–water partition coefficient (Wildman–Crippen LogP) is 2.70. The lowest BCUT2D eigenvalue weighted by molar-refractivity contribution is -0.0885. The Labute approximate surface area is 95.7 Å². The van der Waals surface area contributed by atoms with Crippen LogP contribution in [-0.4, -0.2) is 12.0 Å². The molecule has 1 aromatic carbocycles. The van der Waals surface area contributed by atoms with E-state index in [2.05, 4.69) is 11.8 Å². The predicted molar refractivity (Wildman–Crippen MR) is 53.9 cm³/mol. The molecule has 17 heavy (non-hydrogen) atoms. The van der Waals surface area contributed by atoms with E-state index in [1.165, 1.54) is 12.1 Å². The number of alkyl halides is 3. The minimum Gasteiger partial charge on any atom is -0.284 e. The molecule has 0 fully saturated rings. The molecule has 0 spiro atoms. The summed E-state index contributed by atoms with van der Waals surface area (Å²) in [5.74, 6) is 3.05. The van der Waals surface area contributed by atoms with Crippen LogP contribution in [0.25, 0.3) is 0 Å². The van der Waals surface area contributed by atoms with Crippen molar-refractivity contribution in [2.45, 2.75) is 12.6 Å². The molecule has 0 saturated carbocycles. The lowest BCUT2D eigenvalue weighted by Gasteiger charge is -2.04. The monoisotopic (exact) mass is 237 g/mol. The van der Waals surface area contributed by atoms with Gasteiger partial charge in [0.25, 0.3) is 5.78 Å². The topological polar surface area (TPSA) is 40.9 Å². The molecule has 0 heterocycles. The summed E-state index contributed by atoms with van der Waals surface area (Å²) in [7, 11) is 0. The number of rotatable bonds is 1. The van der Waals surface area contributed by atoms with Gasteiger partial charge in [0.2, 0.25) is 0 Å². The number of carbonyl (C=O) groups is 1. The largest absolute Gasteiger partial charge is 0.454 e. The third-order valence-electron chi connectivity index (χ3n) is 1.78. The van der Waals surface area contributed by atoms with Crippen molar-refractivity contribution in [3.63, 3.8) is 0 Å². The molecule has 0 bridgehead atoms. The molecule has 5 heteroatoms. The van der Waals surface area contributed by atoms with E-state index >= 15 is 0 Å². The summed E-state index contributed by atoms with van der Waals surface area (Å²) in [4.78, 5) is 10.9. The van der Waals surface area contributed by atoms with Crippen molar-refractivity contribution in [3.8, 4) is 17.9 Å². The Balaban J connectivity index is 3.00. The van der Waals surface area contributed by atoms with Crippen LogP contribution in [0.15, 0.2) is 24.3 Å². The van der Waals surface area contributed by atoms with Gasteiger partial charge in [-0.2, -0.15) is 18.4 Å². The fraction of sp³-hybridized carbons (Fsp3) is 0.167. The molecule has 2 nitrogen and oxygen atoms in total. The van der Waals surface area contributed by atoms with E-state index in [4.69, 9.17) is 5.26 Å². The van der Waals surface area contributed by atoms with Crippen molar-refractivity contribution in [2.24, 2.45) is 0 Å². The minimum absolute atomic E-state index is 0.0164. The van der Waals surface area contributed by atoms with Gasteiger partial charge in [-0.25, -0.2) is 0 Å². The highest BCUT2D eigenvalue weighted by molar-refractivity contribution is 6.00. The Kier molecular flexibility index (Phi) is 3.90. The average Bonchev–Trinajstić information content (AvgIpc) is 2.28. The molecule has 1 rings (SSSR count). The van der Waals surface area contributed by atoms with Crippen molar-refractivity contribution in [3.05, 3.63) is 35.4 Å². The van der Waals surface area contributed by atoms with E-state index in [9.17, 15) is 18.0 Å². The van der Waals surface area contributed by atoms with Gasteiger partial charge >= 0.3 is 6.18 Å². The van der Waals surface area contributed by atoms with Gasteiger partial charge in [-0.05, 0) is 12.1 Å². The number of hydrogen-bond donors (Lipinski definition) is 0. The first-order valence-electron chi connectivity index (χ1n) is 4.52. The first kappa shape index (κ1) is 12.8. The van der Waals surface area contributed by atoms with Gasteiger partial charge in [-0.3, -0.25) is 4.79 Å². The second-order valence-corrected chi connectivity index (χ2v) is 3.04. The Hall–Kier alpha value is -2.27. The highest BCUT2D eigenvalue weighted by atomic mass is 19.4. The maximum Gasteiger partial charge on any atom is 0.454 e. The van der Waals surface area contributed by atoms with Crippen LogP contribution in [0, 0.1) is 23.2 Å². The zero-order valence-corrected chi connectivity index (χ0v) is 8.51. The van der Waals surface area contributed by atoms with Crippen LogP contribution in [-0.2, 0) is 0 Å². The third kappa shape index (κ3) is 3.66. The summed E-state index contributed by atoms with van der Waals surface area (Å²) in [5.41, 5.74) is -0.184. The lowest BCUT2D eigenvalue weighted by Crippen LogP contribution is -2.22. The fourth-order valence-corrected chi connectivity index (χ4v) is 1.09. The summed E-state index contributed by atoms with van der Waals surface area (Å²) in [5, 5.41) is 8.24. The molecule has 0 aliphatic heterocycles. The molecule has 0 atom stereocenters. The summed E-state index contributed by atoms with van der Waals surface area (Å²) >= 11 is 0. The SMILES string of the molecule is N#CCC#Cc1cccc(C(=O)C(F)(F)F)c1. The number of carbonyl (C=O) groups excluding carboxylic acids is 1. The molecule has 0 aliphatic carbocycles. The Morgan fingerprint density at radius 1 is 1.35 bits per heavy atom. The first-order valence-corrected chi connectivity index (χ1v) is 4.52. The van der Waals surface area contributed by atoms with Crippen LogP contribution in [0.4, 0.5) is 13.2 Å². The highest BCUT2D eigenvalue weighted by Gasteiger charge is 2.39. The summed E-state index contributed by atoms with van der Waals surface area (Å²) in [6.07, 6.45) is -4.91. The number of halogens is 3. The molecular formula is C12H6F3NO. The molecule has 0 aliphatic rings. The molecule has 0 aromatic heterocycles. The van der Waals surface area contributed by atoms with Gasteiger partial charge in [0.15, 0.2) is 0 Å². The van der Waals surface area contributed by atoms with E-state index in [-0.39, 0.29) is 12.0 Å². The second-order valence-electron chi connectivity index (χ2n) is 3.04. The van der Waals surface area contributed by atoms with Crippen molar-refractivity contribution in [1.82, 2.24) is 0 Å². The quantitative estimate of drug-likeness (QED) is 0.556. The van der Waals surface area contributed by atoms with E-state index in [1.807, 2.05) is 0 Å². The molecule has 0 N–H and O–H groups in total. The number of nitriles is 1. The maximum absolute atomic E-state index is 12.1. The normalized spacial score (nSPS) is 10.0. The van der Waals surface area contributed by atoms with Crippen LogP contribution in [0.5, 0.6) is 0 Å². The minimum atomic E-state index is -4.89. The van der Waals surface area contributed by atoms with Crippen LogP contribution < -0.4 is 0 Å². The van der Waals surface area contributed by atoms with Crippen LogP contribution in [0.2, 0.25) is 0 Å². The lowest BCUT2D eigenvalue weighted by atomic mass is 10.1. The smallest absolute Gasteiger partial charge is 0.284 e. The average molecular weight is 237 g/mol. The number of Topliss-reactive ketones (excluding diaryl/α,β-unsaturated/α-hetero) is 1. The molecule has 0 radical (unpaired) electrons. The van der Waals surface area contributed by atoms with E-state index in [0.717, 1.165) is 12.1 Å². The molecule has 1 aromatic rings. The second kappa shape index (κ2) is 5.18.